The summed E-state index contributed by atoms with van der Waals surface area (Å²) in [5.74, 6) is 3.53. The molecule has 1 saturated heterocycles. The highest BCUT2D eigenvalue weighted by Gasteiger charge is 2.12. The van der Waals surface area contributed by atoms with Gasteiger partial charge in [0.05, 0.1) is 7.11 Å². The summed E-state index contributed by atoms with van der Waals surface area (Å²) >= 11 is 2.05. The Morgan fingerprint density at radius 1 is 1.27 bits per heavy atom. The predicted molar refractivity (Wildman–Crippen MR) is 65.6 cm³/mol. The van der Waals surface area contributed by atoms with Crippen LogP contribution in [-0.2, 0) is 6.54 Å². The van der Waals surface area contributed by atoms with E-state index in [1.165, 1.54) is 30.2 Å². The molecule has 0 spiro atoms. The first kappa shape index (κ1) is 10.8. The van der Waals surface area contributed by atoms with Gasteiger partial charge in [-0.05, 0) is 6.07 Å². The van der Waals surface area contributed by atoms with Crippen LogP contribution < -0.4 is 4.74 Å². The van der Waals surface area contributed by atoms with Crippen LogP contribution in [-0.4, -0.2) is 36.6 Å². The number of nitrogens with zero attached hydrogens (tertiary/aromatic N) is 1. The van der Waals surface area contributed by atoms with Crippen molar-refractivity contribution in [2.24, 2.45) is 0 Å². The van der Waals surface area contributed by atoms with Crippen LogP contribution in [0.15, 0.2) is 24.3 Å². The monoisotopic (exact) mass is 223 g/mol. The fraction of sp³-hybridized carbons (Fsp3) is 0.500. The van der Waals surface area contributed by atoms with Gasteiger partial charge in [-0.25, -0.2) is 0 Å². The number of hydrogen-bond donors (Lipinski definition) is 0. The Labute approximate surface area is 95.6 Å². The van der Waals surface area contributed by atoms with E-state index in [-0.39, 0.29) is 0 Å². The number of benzene rings is 1. The molecule has 3 heteroatoms. The van der Waals surface area contributed by atoms with Crippen molar-refractivity contribution < 1.29 is 4.74 Å². The number of hydrogen-bond acceptors (Lipinski definition) is 3. The molecule has 1 aliphatic rings. The van der Waals surface area contributed by atoms with Crippen molar-refractivity contribution in [3.05, 3.63) is 29.8 Å². The van der Waals surface area contributed by atoms with E-state index < -0.39 is 0 Å². The smallest absolute Gasteiger partial charge is 0.123 e. The van der Waals surface area contributed by atoms with E-state index in [1.807, 2.05) is 23.9 Å². The molecule has 82 valence electrons. The predicted octanol–water partition coefficient (Wildman–Crippen LogP) is 2.24. The van der Waals surface area contributed by atoms with E-state index in [9.17, 15) is 0 Å². The van der Waals surface area contributed by atoms with Crippen molar-refractivity contribution in [1.82, 2.24) is 4.90 Å². The van der Waals surface area contributed by atoms with Gasteiger partial charge in [0.25, 0.3) is 0 Å². The molecule has 1 aromatic rings. The molecule has 0 atom stereocenters. The number of thioether (sulfide) groups is 1. The van der Waals surface area contributed by atoms with E-state index in [0.717, 1.165) is 12.3 Å². The SMILES string of the molecule is COc1ccccc1CN1CCSCC1. The summed E-state index contributed by atoms with van der Waals surface area (Å²) in [6.07, 6.45) is 0. The lowest BCUT2D eigenvalue weighted by atomic mass is 10.2. The lowest BCUT2D eigenvalue weighted by molar-refractivity contribution is 0.288. The van der Waals surface area contributed by atoms with Crippen LogP contribution in [0.1, 0.15) is 5.56 Å². The van der Waals surface area contributed by atoms with Crippen LogP contribution in [0.4, 0.5) is 0 Å². The highest BCUT2D eigenvalue weighted by Crippen LogP contribution is 2.20. The molecule has 0 radical (unpaired) electrons. The van der Waals surface area contributed by atoms with Crippen molar-refractivity contribution in [2.45, 2.75) is 6.54 Å². The first-order valence-corrected chi connectivity index (χ1v) is 6.47. The highest BCUT2D eigenvalue weighted by atomic mass is 32.2. The van der Waals surface area contributed by atoms with Crippen LogP contribution in [0, 0.1) is 0 Å². The van der Waals surface area contributed by atoms with Gasteiger partial charge in [-0.2, -0.15) is 11.8 Å². The van der Waals surface area contributed by atoms with Gasteiger partial charge in [0.15, 0.2) is 0 Å². The molecule has 0 unspecified atom stereocenters. The molecular formula is C12H17NOS. The van der Waals surface area contributed by atoms with Crippen molar-refractivity contribution in [2.75, 3.05) is 31.7 Å². The molecule has 2 rings (SSSR count). The maximum absolute atomic E-state index is 5.35. The number of para-hydroxylation sites is 1. The van der Waals surface area contributed by atoms with Crippen molar-refractivity contribution in [3.63, 3.8) is 0 Å². The second-order valence-corrected chi connectivity index (χ2v) is 4.93. The second-order valence-electron chi connectivity index (χ2n) is 3.70. The molecule has 0 saturated carbocycles. The van der Waals surface area contributed by atoms with Crippen LogP contribution in [0.2, 0.25) is 0 Å². The van der Waals surface area contributed by atoms with Gasteiger partial charge in [-0.15, -0.1) is 0 Å². The standard InChI is InChI=1S/C12H17NOS/c1-14-12-5-3-2-4-11(12)10-13-6-8-15-9-7-13/h2-5H,6-10H2,1H3. The Kier molecular flexibility index (Phi) is 3.92. The molecule has 1 heterocycles. The third-order valence-electron chi connectivity index (χ3n) is 2.69. The summed E-state index contributed by atoms with van der Waals surface area (Å²) in [6.45, 7) is 3.41. The summed E-state index contributed by atoms with van der Waals surface area (Å²) in [4.78, 5) is 2.49. The molecule has 1 aliphatic heterocycles. The summed E-state index contributed by atoms with van der Waals surface area (Å²) in [6, 6.07) is 8.29. The molecular weight excluding hydrogens is 206 g/mol. The lowest BCUT2D eigenvalue weighted by Crippen LogP contribution is -2.32. The second kappa shape index (κ2) is 5.42. The number of methoxy groups -OCH3 is 1. The van der Waals surface area contributed by atoms with Gasteiger partial charge in [0.2, 0.25) is 0 Å². The molecule has 15 heavy (non-hydrogen) atoms. The fourth-order valence-electron chi connectivity index (χ4n) is 1.83. The lowest BCUT2D eigenvalue weighted by Gasteiger charge is -2.26. The molecule has 0 N–H and O–H groups in total. The van der Waals surface area contributed by atoms with E-state index >= 15 is 0 Å². The maximum atomic E-state index is 5.35. The molecule has 1 fully saturated rings. The van der Waals surface area contributed by atoms with Crippen molar-refractivity contribution in [3.8, 4) is 5.75 Å². The first-order valence-electron chi connectivity index (χ1n) is 5.32. The van der Waals surface area contributed by atoms with Gasteiger partial charge < -0.3 is 4.74 Å². The van der Waals surface area contributed by atoms with Crippen LogP contribution in [0.5, 0.6) is 5.75 Å². The van der Waals surface area contributed by atoms with E-state index in [0.29, 0.717) is 0 Å². The Bertz CT molecular complexity index is 310. The maximum Gasteiger partial charge on any atom is 0.123 e. The van der Waals surface area contributed by atoms with Gasteiger partial charge >= 0.3 is 0 Å². The van der Waals surface area contributed by atoms with E-state index in [2.05, 4.69) is 17.0 Å². The van der Waals surface area contributed by atoms with Crippen LogP contribution in [0.25, 0.3) is 0 Å². The minimum Gasteiger partial charge on any atom is -0.496 e. The molecule has 0 bridgehead atoms. The molecule has 1 aromatic carbocycles. The number of ether oxygens (including phenoxy) is 1. The van der Waals surface area contributed by atoms with Gasteiger partial charge in [-0.3, -0.25) is 4.90 Å². The Morgan fingerprint density at radius 2 is 2.00 bits per heavy atom. The Balaban J connectivity index is 2.02. The van der Waals surface area contributed by atoms with Crippen LogP contribution >= 0.6 is 11.8 Å². The largest absolute Gasteiger partial charge is 0.496 e. The van der Waals surface area contributed by atoms with Crippen LogP contribution in [0.3, 0.4) is 0 Å². The molecule has 0 aromatic heterocycles. The average Bonchev–Trinajstić information content (AvgIpc) is 2.31. The summed E-state index contributed by atoms with van der Waals surface area (Å²) in [5.41, 5.74) is 1.30. The zero-order chi connectivity index (χ0) is 10.5. The first-order chi connectivity index (χ1) is 7.40. The third-order valence-corrected chi connectivity index (χ3v) is 3.63. The fourth-order valence-corrected chi connectivity index (χ4v) is 2.81. The molecule has 0 amide bonds. The average molecular weight is 223 g/mol. The Hall–Kier alpha value is -0.670. The van der Waals surface area contributed by atoms with Crippen molar-refractivity contribution >= 4 is 11.8 Å². The minimum atomic E-state index is 1.01. The highest BCUT2D eigenvalue weighted by molar-refractivity contribution is 7.99. The van der Waals surface area contributed by atoms with E-state index in [1.54, 1.807) is 7.11 Å². The molecule has 0 aliphatic carbocycles. The summed E-state index contributed by atoms with van der Waals surface area (Å²) < 4.78 is 5.35. The van der Waals surface area contributed by atoms with Gasteiger partial charge in [0.1, 0.15) is 5.75 Å². The summed E-state index contributed by atoms with van der Waals surface area (Å²) in [5, 5.41) is 0. The molecule has 2 nitrogen and oxygen atoms in total. The zero-order valence-electron chi connectivity index (χ0n) is 9.11. The quantitative estimate of drug-likeness (QED) is 0.780. The third kappa shape index (κ3) is 2.89. The van der Waals surface area contributed by atoms with Gasteiger partial charge in [-0.1, -0.05) is 18.2 Å². The topological polar surface area (TPSA) is 12.5 Å². The van der Waals surface area contributed by atoms with Crippen molar-refractivity contribution in [1.29, 1.82) is 0 Å². The number of rotatable bonds is 3. The zero-order valence-corrected chi connectivity index (χ0v) is 9.93. The minimum absolute atomic E-state index is 1.01. The van der Waals surface area contributed by atoms with Gasteiger partial charge in [0, 0.05) is 36.7 Å². The van der Waals surface area contributed by atoms with E-state index in [4.69, 9.17) is 4.74 Å². The Morgan fingerprint density at radius 3 is 2.73 bits per heavy atom. The summed E-state index contributed by atoms with van der Waals surface area (Å²) in [7, 11) is 1.74. The normalized spacial score (nSPS) is 17.7.